The van der Waals surface area contributed by atoms with Gasteiger partial charge < -0.3 is 0 Å². The third-order valence-electron chi connectivity index (χ3n) is 1.96. The molecular formula is C11H9ClFNS2. The van der Waals surface area contributed by atoms with Gasteiger partial charge in [-0.3, -0.25) is 0 Å². The number of thioether (sulfide) groups is 1. The molecule has 0 N–H and O–H groups in total. The maximum Gasteiger partial charge on any atom is 0.150 e. The summed E-state index contributed by atoms with van der Waals surface area (Å²) < 4.78 is 14.4. The second kappa shape index (κ2) is 5.17. The van der Waals surface area contributed by atoms with Gasteiger partial charge in [0.1, 0.15) is 10.2 Å². The van der Waals surface area contributed by atoms with Gasteiger partial charge in [0, 0.05) is 21.8 Å². The highest BCUT2D eigenvalue weighted by Crippen LogP contribution is 2.27. The molecule has 0 saturated heterocycles. The molecule has 0 unspecified atom stereocenters. The molecular weight excluding hydrogens is 265 g/mol. The molecule has 84 valence electrons. The smallest absolute Gasteiger partial charge is 0.150 e. The lowest BCUT2D eigenvalue weighted by atomic mass is 10.2. The highest BCUT2D eigenvalue weighted by atomic mass is 35.5. The first kappa shape index (κ1) is 11.9. The molecule has 1 aromatic heterocycles. The summed E-state index contributed by atoms with van der Waals surface area (Å²) in [5.41, 5.74) is 1.66. The number of aromatic nitrogens is 1. The van der Waals surface area contributed by atoms with Gasteiger partial charge in [-0.15, -0.1) is 11.3 Å². The molecule has 0 aliphatic rings. The normalized spacial score (nSPS) is 10.7. The summed E-state index contributed by atoms with van der Waals surface area (Å²) in [6.45, 7) is 1.95. The lowest BCUT2D eigenvalue weighted by Gasteiger charge is -2.01. The average Bonchev–Trinajstić information content (AvgIpc) is 2.63. The van der Waals surface area contributed by atoms with Crippen LogP contribution in [0.3, 0.4) is 0 Å². The number of rotatable bonds is 3. The number of hydrogen-bond acceptors (Lipinski definition) is 3. The van der Waals surface area contributed by atoms with Crippen LogP contribution in [0.1, 0.15) is 11.3 Å². The fourth-order valence-corrected chi connectivity index (χ4v) is 3.17. The van der Waals surface area contributed by atoms with Gasteiger partial charge in [0.15, 0.2) is 0 Å². The van der Waals surface area contributed by atoms with Crippen LogP contribution in [-0.4, -0.2) is 4.98 Å². The van der Waals surface area contributed by atoms with Gasteiger partial charge in [0.25, 0.3) is 0 Å². The molecule has 0 amide bonds. The van der Waals surface area contributed by atoms with Crippen LogP contribution in [0.2, 0.25) is 5.02 Å². The molecule has 2 aromatic rings. The fourth-order valence-electron chi connectivity index (χ4n) is 1.18. The summed E-state index contributed by atoms with van der Waals surface area (Å²) in [4.78, 5) is 4.31. The van der Waals surface area contributed by atoms with Crippen molar-refractivity contribution >= 4 is 34.7 Å². The molecule has 0 saturated carbocycles. The number of thiazole rings is 1. The molecule has 16 heavy (non-hydrogen) atoms. The quantitative estimate of drug-likeness (QED) is 0.762. The van der Waals surface area contributed by atoms with Crippen molar-refractivity contribution < 1.29 is 4.39 Å². The minimum Gasteiger partial charge on any atom is -0.235 e. The van der Waals surface area contributed by atoms with Crippen molar-refractivity contribution in [3.63, 3.8) is 0 Å². The van der Waals surface area contributed by atoms with Crippen LogP contribution >= 0.6 is 34.7 Å². The van der Waals surface area contributed by atoms with Gasteiger partial charge in [-0.25, -0.2) is 9.37 Å². The van der Waals surface area contributed by atoms with Crippen LogP contribution in [0.4, 0.5) is 4.39 Å². The predicted octanol–water partition coefficient (Wildman–Crippen LogP) is 4.54. The van der Waals surface area contributed by atoms with Gasteiger partial charge in [-0.05, 0) is 24.6 Å². The topological polar surface area (TPSA) is 12.9 Å². The first-order valence-electron chi connectivity index (χ1n) is 4.64. The molecule has 2 rings (SSSR count). The molecule has 1 nitrogen and oxygen atoms in total. The van der Waals surface area contributed by atoms with Gasteiger partial charge in [0.05, 0.1) is 0 Å². The molecule has 0 aliphatic carbocycles. The zero-order chi connectivity index (χ0) is 11.5. The van der Waals surface area contributed by atoms with E-state index in [-0.39, 0.29) is 5.82 Å². The van der Waals surface area contributed by atoms with E-state index in [0.29, 0.717) is 16.3 Å². The van der Waals surface area contributed by atoms with Crippen LogP contribution in [0, 0.1) is 12.7 Å². The van der Waals surface area contributed by atoms with Crippen molar-refractivity contribution in [2.75, 3.05) is 0 Å². The summed E-state index contributed by atoms with van der Waals surface area (Å²) >= 11 is 8.80. The summed E-state index contributed by atoms with van der Waals surface area (Å²) in [6, 6.07) is 4.75. The first-order chi connectivity index (χ1) is 7.65. The second-order valence-electron chi connectivity index (χ2n) is 3.28. The molecule has 5 heteroatoms. The second-order valence-corrected chi connectivity index (χ2v) is 5.80. The molecule has 1 heterocycles. The van der Waals surface area contributed by atoms with Crippen LogP contribution in [-0.2, 0) is 5.75 Å². The number of nitrogens with zero attached hydrogens (tertiary/aromatic N) is 1. The number of aryl methyl sites for hydroxylation is 1. The molecule has 1 aromatic carbocycles. The number of hydrogen-bond donors (Lipinski definition) is 0. The Morgan fingerprint density at radius 1 is 1.50 bits per heavy atom. The Morgan fingerprint density at radius 2 is 2.31 bits per heavy atom. The zero-order valence-corrected chi connectivity index (χ0v) is 10.9. The third-order valence-corrected chi connectivity index (χ3v) is 4.39. The SMILES string of the molecule is Cc1csc(SCc2ccc(Cl)cc2F)n1. The van der Waals surface area contributed by atoms with Crippen LogP contribution < -0.4 is 0 Å². The third kappa shape index (κ3) is 2.97. The minimum absolute atomic E-state index is 0.256. The largest absolute Gasteiger partial charge is 0.235 e. The number of benzene rings is 1. The average molecular weight is 274 g/mol. The molecule has 0 radical (unpaired) electrons. The maximum absolute atomic E-state index is 13.4. The fraction of sp³-hybridized carbons (Fsp3) is 0.182. The predicted molar refractivity (Wildman–Crippen MR) is 67.8 cm³/mol. The van der Waals surface area contributed by atoms with Crippen LogP contribution in [0.25, 0.3) is 0 Å². The summed E-state index contributed by atoms with van der Waals surface area (Å²) in [5, 5.41) is 2.41. The highest BCUT2D eigenvalue weighted by molar-refractivity contribution is 8.00. The van der Waals surface area contributed by atoms with Crippen molar-refractivity contribution in [3.05, 3.63) is 45.7 Å². The van der Waals surface area contributed by atoms with E-state index < -0.39 is 0 Å². The van der Waals surface area contributed by atoms with E-state index >= 15 is 0 Å². The highest BCUT2D eigenvalue weighted by Gasteiger charge is 2.05. The summed E-state index contributed by atoms with van der Waals surface area (Å²) in [7, 11) is 0. The molecule has 0 bridgehead atoms. The van der Waals surface area contributed by atoms with E-state index in [1.54, 1.807) is 23.5 Å². The van der Waals surface area contributed by atoms with E-state index in [9.17, 15) is 4.39 Å². The Kier molecular flexibility index (Phi) is 3.84. The van der Waals surface area contributed by atoms with Crippen molar-refractivity contribution in [3.8, 4) is 0 Å². The Bertz CT molecular complexity index is 498. The van der Waals surface area contributed by atoms with E-state index in [1.165, 1.54) is 17.8 Å². The van der Waals surface area contributed by atoms with E-state index in [1.807, 2.05) is 12.3 Å². The molecule has 0 spiro atoms. The Balaban J connectivity index is 2.04. The molecule has 0 fully saturated rings. The summed E-state index contributed by atoms with van der Waals surface area (Å²) in [5.74, 6) is 0.323. The van der Waals surface area contributed by atoms with Crippen LogP contribution in [0.5, 0.6) is 0 Å². The molecule has 0 aliphatic heterocycles. The van der Waals surface area contributed by atoms with Crippen molar-refractivity contribution in [2.24, 2.45) is 0 Å². The standard InChI is InChI=1S/C11H9ClFNS2/c1-7-5-15-11(14-7)16-6-8-2-3-9(12)4-10(8)13/h2-5H,6H2,1H3. The van der Waals surface area contributed by atoms with E-state index in [4.69, 9.17) is 11.6 Å². The van der Waals surface area contributed by atoms with Gasteiger partial charge in [0.2, 0.25) is 0 Å². The van der Waals surface area contributed by atoms with Gasteiger partial charge in [-0.1, -0.05) is 29.4 Å². The van der Waals surface area contributed by atoms with Gasteiger partial charge >= 0.3 is 0 Å². The van der Waals surface area contributed by atoms with E-state index in [0.717, 1.165) is 10.0 Å². The Hall–Kier alpha value is -0.580. The first-order valence-corrected chi connectivity index (χ1v) is 6.88. The van der Waals surface area contributed by atoms with Crippen molar-refractivity contribution in [2.45, 2.75) is 17.0 Å². The minimum atomic E-state index is -0.256. The lowest BCUT2D eigenvalue weighted by molar-refractivity contribution is 0.617. The van der Waals surface area contributed by atoms with Crippen LogP contribution in [0.15, 0.2) is 27.9 Å². The van der Waals surface area contributed by atoms with Crippen molar-refractivity contribution in [1.82, 2.24) is 4.98 Å². The Morgan fingerprint density at radius 3 is 2.94 bits per heavy atom. The number of halogens is 2. The zero-order valence-electron chi connectivity index (χ0n) is 8.54. The monoisotopic (exact) mass is 273 g/mol. The Labute approximate surface area is 107 Å². The van der Waals surface area contributed by atoms with Crippen molar-refractivity contribution in [1.29, 1.82) is 0 Å². The maximum atomic E-state index is 13.4. The van der Waals surface area contributed by atoms with Gasteiger partial charge in [-0.2, -0.15) is 0 Å². The molecule has 0 atom stereocenters. The van der Waals surface area contributed by atoms with E-state index in [2.05, 4.69) is 4.98 Å². The lowest BCUT2D eigenvalue weighted by Crippen LogP contribution is -1.87. The summed E-state index contributed by atoms with van der Waals surface area (Å²) in [6.07, 6.45) is 0.